The molecule has 1 fully saturated rings. The van der Waals surface area contributed by atoms with Gasteiger partial charge in [0.15, 0.2) is 5.78 Å². The third kappa shape index (κ3) is 4.74. The summed E-state index contributed by atoms with van der Waals surface area (Å²) < 4.78 is 0. The minimum absolute atomic E-state index is 0.0340. The Bertz CT molecular complexity index is 497. The normalized spacial score (nSPS) is 19.1. The van der Waals surface area contributed by atoms with E-state index < -0.39 is 5.44 Å². The molecule has 1 aromatic heterocycles. The highest BCUT2D eigenvalue weighted by Crippen LogP contribution is 2.29. The quantitative estimate of drug-likeness (QED) is 0.513. The highest BCUT2D eigenvalue weighted by molar-refractivity contribution is 6.30. The number of Topliss-reactive ketones (excluding diaryl/α,β-unsaturated/α-hetero) is 1. The Morgan fingerprint density at radius 3 is 2.38 bits per heavy atom. The molecular formula is C16H22BClN2O. The van der Waals surface area contributed by atoms with Gasteiger partial charge in [0.1, 0.15) is 13.0 Å². The first-order valence-corrected chi connectivity index (χ1v) is 8.11. The second-order valence-corrected chi connectivity index (χ2v) is 6.40. The van der Waals surface area contributed by atoms with E-state index in [1.54, 1.807) is 6.07 Å². The van der Waals surface area contributed by atoms with Gasteiger partial charge in [-0.1, -0.05) is 50.1 Å². The molecule has 21 heavy (non-hydrogen) atoms. The van der Waals surface area contributed by atoms with Crippen molar-refractivity contribution in [3.05, 3.63) is 23.0 Å². The molecule has 112 valence electrons. The van der Waals surface area contributed by atoms with E-state index in [0.717, 1.165) is 25.7 Å². The number of ketones is 1. The number of rotatable bonds is 3. The van der Waals surface area contributed by atoms with Crippen LogP contribution >= 0.6 is 11.6 Å². The van der Waals surface area contributed by atoms with Crippen LogP contribution in [0.2, 0.25) is 5.15 Å². The third-order valence-corrected chi connectivity index (χ3v) is 4.34. The summed E-state index contributed by atoms with van der Waals surface area (Å²) >= 11 is 5.97. The van der Waals surface area contributed by atoms with Crippen LogP contribution < -0.4 is 5.32 Å². The van der Waals surface area contributed by atoms with Crippen LogP contribution in [-0.2, 0) is 0 Å². The van der Waals surface area contributed by atoms with Gasteiger partial charge in [0.25, 0.3) is 0 Å². The van der Waals surface area contributed by atoms with Gasteiger partial charge in [0.05, 0.1) is 5.56 Å². The van der Waals surface area contributed by atoms with Gasteiger partial charge in [-0.25, -0.2) is 4.98 Å². The minimum atomic E-state index is -0.473. The lowest BCUT2D eigenvalue weighted by atomic mass is 9.70. The number of nitrogens with one attached hydrogen (secondary N) is 1. The van der Waals surface area contributed by atoms with Crippen molar-refractivity contribution in [2.45, 2.75) is 63.7 Å². The smallest absolute Gasteiger partial charge is 0.163 e. The second-order valence-electron chi connectivity index (χ2n) is 6.01. The second kappa shape index (κ2) is 7.30. The zero-order chi connectivity index (χ0) is 15.3. The van der Waals surface area contributed by atoms with Gasteiger partial charge in [-0.15, -0.1) is 0 Å². The molecule has 0 unspecified atom stereocenters. The molecule has 3 nitrogen and oxygen atoms in total. The minimum Gasteiger partial charge on any atom is -0.387 e. The maximum atomic E-state index is 11.7. The van der Waals surface area contributed by atoms with Crippen molar-refractivity contribution in [3.63, 3.8) is 0 Å². The van der Waals surface area contributed by atoms with Gasteiger partial charge in [-0.2, -0.15) is 0 Å². The fourth-order valence-corrected chi connectivity index (χ4v) is 3.08. The zero-order valence-corrected chi connectivity index (χ0v) is 13.4. The number of aromatic nitrogens is 1. The van der Waals surface area contributed by atoms with Crippen LogP contribution in [0.25, 0.3) is 0 Å². The average Bonchev–Trinajstić information content (AvgIpc) is 2.51. The predicted octanol–water partition coefficient (Wildman–Crippen LogP) is 4.35. The summed E-state index contributed by atoms with van der Waals surface area (Å²) in [4.78, 5) is 15.7. The number of nitrogens with zero attached hydrogens (tertiary/aromatic N) is 1. The van der Waals surface area contributed by atoms with Crippen LogP contribution in [0.5, 0.6) is 0 Å². The molecule has 2 rings (SSSR count). The Labute approximate surface area is 133 Å². The molecule has 0 amide bonds. The van der Waals surface area contributed by atoms with Crippen molar-refractivity contribution in [2.24, 2.45) is 0 Å². The van der Waals surface area contributed by atoms with E-state index in [1.165, 1.54) is 38.8 Å². The number of carbonyl (C=O) groups excluding carboxylic acids is 1. The van der Waals surface area contributed by atoms with E-state index in [1.807, 2.05) is 0 Å². The van der Waals surface area contributed by atoms with Gasteiger partial charge < -0.3 is 5.32 Å². The molecule has 1 aromatic rings. The van der Waals surface area contributed by atoms with Crippen LogP contribution in [0.1, 0.15) is 68.6 Å². The van der Waals surface area contributed by atoms with Gasteiger partial charge >= 0.3 is 0 Å². The Hall–Kier alpha value is -1.03. The first-order chi connectivity index (χ1) is 10.0. The number of hydrogen-bond acceptors (Lipinski definition) is 3. The lowest BCUT2D eigenvalue weighted by Crippen LogP contribution is -2.39. The fraction of sp³-hybridized carbons (Fsp3) is 0.625. The highest BCUT2D eigenvalue weighted by atomic mass is 35.5. The predicted molar refractivity (Wildman–Crippen MR) is 88.3 cm³/mol. The number of carbonyl (C=O) groups is 1. The SMILES string of the molecule is [B]C1(Nc2cc(Cl)ncc2C(C)=O)CCCCCCCC1. The molecule has 1 heterocycles. The number of halogens is 1. The Kier molecular flexibility index (Phi) is 5.68. The van der Waals surface area contributed by atoms with E-state index in [9.17, 15) is 4.79 Å². The first kappa shape index (κ1) is 16.3. The molecule has 0 saturated heterocycles. The summed E-state index contributed by atoms with van der Waals surface area (Å²) in [5.41, 5.74) is 0.771. The van der Waals surface area contributed by atoms with Crippen molar-refractivity contribution in [3.8, 4) is 0 Å². The Balaban J connectivity index is 2.21. The summed E-state index contributed by atoms with van der Waals surface area (Å²) in [7, 11) is 6.56. The molecule has 0 atom stereocenters. The molecule has 0 aliphatic heterocycles. The van der Waals surface area contributed by atoms with Crippen LogP contribution in [0.3, 0.4) is 0 Å². The van der Waals surface area contributed by atoms with E-state index in [4.69, 9.17) is 19.4 Å². The van der Waals surface area contributed by atoms with Crippen LogP contribution in [0, 0.1) is 0 Å². The standard InChI is InChI=1S/C16H22BClN2O/c1-12(21)13-11-19-15(18)10-14(13)20-16(17)8-6-4-2-3-5-7-9-16/h10-11H,2-9H2,1H3,(H,19,20). The van der Waals surface area contributed by atoms with Crippen molar-refractivity contribution in [2.75, 3.05) is 5.32 Å². The zero-order valence-electron chi connectivity index (χ0n) is 12.6. The largest absolute Gasteiger partial charge is 0.387 e. The topological polar surface area (TPSA) is 42.0 Å². The lowest BCUT2D eigenvalue weighted by molar-refractivity contribution is 0.101. The van der Waals surface area contributed by atoms with E-state index in [0.29, 0.717) is 16.4 Å². The molecule has 0 spiro atoms. The third-order valence-electron chi connectivity index (χ3n) is 4.13. The molecule has 1 aliphatic carbocycles. The maximum absolute atomic E-state index is 11.7. The molecule has 2 radical (unpaired) electrons. The summed E-state index contributed by atoms with van der Waals surface area (Å²) in [6, 6.07) is 1.69. The van der Waals surface area contributed by atoms with Crippen molar-refractivity contribution in [1.82, 2.24) is 4.98 Å². The first-order valence-electron chi connectivity index (χ1n) is 7.74. The molecule has 5 heteroatoms. The van der Waals surface area contributed by atoms with Gasteiger partial charge in [0, 0.05) is 11.9 Å². The van der Waals surface area contributed by atoms with Gasteiger partial charge in [-0.05, 0) is 31.3 Å². The van der Waals surface area contributed by atoms with E-state index >= 15 is 0 Å². The van der Waals surface area contributed by atoms with Crippen molar-refractivity contribution < 1.29 is 4.79 Å². The monoisotopic (exact) mass is 304 g/mol. The molecule has 0 aromatic carbocycles. The van der Waals surface area contributed by atoms with E-state index in [-0.39, 0.29) is 5.78 Å². The van der Waals surface area contributed by atoms with Crippen molar-refractivity contribution in [1.29, 1.82) is 0 Å². The maximum Gasteiger partial charge on any atom is 0.163 e. The summed E-state index contributed by atoms with van der Waals surface area (Å²) in [6.45, 7) is 1.53. The number of hydrogen-bond donors (Lipinski definition) is 1. The molecule has 1 aliphatic rings. The summed E-state index contributed by atoms with van der Waals surface area (Å²) in [6.07, 6.45) is 10.6. The van der Waals surface area contributed by atoms with E-state index in [2.05, 4.69) is 10.3 Å². The average molecular weight is 305 g/mol. The van der Waals surface area contributed by atoms with Gasteiger partial charge in [-0.3, -0.25) is 4.79 Å². The van der Waals surface area contributed by atoms with Gasteiger partial charge in [0.2, 0.25) is 0 Å². The number of pyridine rings is 1. The Morgan fingerprint density at radius 1 is 1.24 bits per heavy atom. The summed E-state index contributed by atoms with van der Waals surface area (Å²) in [5.74, 6) is -0.0340. The number of anilines is 1. The van der Waals surface area contributed by atoms with Crippen LogP contribution in [0.4, 0.5) is 5.69 Å². The Morgan fingerprint density at radius 2 is 1.81 bits per heavy atom. The van der Waals surface area contributed by atoms with Crippen LogP contribution in [-0.4, -0.2) is 24.1 Å². The van der Waals surface area contributed by atoms with Crippen molar-refractivity contribution >= 4 is 30.9 Å². The van der Waals surface area contributed by atoms with Crippen LogP contribution in [0.15, 0.2) is 12.3 Å². The molecule has 0 bridgehead atoms. The lowest BCUT2D eigenvalue weighted by Gasteiger charge is -2.33. The molecule has 1 N–H and O–H groups in total. The summed E-state index contributed by atoms with van der Waals surface area (Å²) in [5, 5.41) is 3.75. The highest BCUT2D eigenvalue weighted by Gasteiger charge is 2.25. The molecule has 1 saturated carbocycles. The fourth-order valence-electron chi connectivity index (χ4n) is 2.92. The molecular weight excluding hydrogens is 282 g/mol.